The van der Waals surface area contributed by atoms with Gasteiger partial charge in [0.2, 0.25) is 11.8 Å². The van der Waals surface area contributed by atoms with Crippen LogP contribution in [0.15, 0.2) is 40.9 Å². The highest BCUT2D eigenvalue weighted by molar-refractivity contribution is 6.29. The largest absolute Gasteiger partial charge is 0.434 e. The van der Waals surface area contributed by atoms with E-state index in [9.17, 15) is 4.79 Å². The smallest absolute Gasteiger partial charge is 0.239 e. The Labute approximate surface area is 126 Å². The first-order valence-electron chi connectivity index (χ1n) is 6.36. The summed E-state index contributed by atoms with van der Waals surface area (Å²) in [6.45, 7) is 1.90. The zero-order valence-electron chi connectivity index (χ0n) is 11.3. The van der Waals surface area contributed by atoms with Crippen molar-refractivity contribution in [3.8, 4) is 11.5 Å². The van der Waals surface area contributed by atoms with E-state index in [-0.39, 0.29) is 11.8 Å². The number of oxazole rings is 1. The maximum absolute atomic E-state index is 11.4. The average molecular weight is 302 g/mol. The van der Waals surface area contributed by atoms with Gasteiger partial charge in [-0.25, -0.2) is 4.98 Å². The molecule has 0 unspecified atom stereocenters. The summed E-state index contributed by atoms with van der Waals surface area (Å²) in [5, 5.41) is 2.75. The van der Waals surface area contributed by atoms with E-state index in [0.29, 0.717) is 22.8 Å². The number of hydrogen-bond acceptors (Lipinski definition) is 4. The molecule has 21 heavy (non-hydrogen) atoms. The number of hydrogen-bond donors (Lipinski definition) is 1. The third kappa shape index (κ3) is 2.73. The van der Waals surface area contributed by atoms with Crippen molar-refractivity contribution in [2.75, 3.05) is 11.2 Å². The standard InChI is InChI=1S/C15H12ClN3O2/c1-9-4-5-10(7-11(9)18-13(20)8-16)15-19-14-12(21-15)3-2-6-17-14/h2-7H,8H2,1H3,(H,18,20). The number of fused-ring (bicyclic) bond motifs is 1. The highest BCUT2D eigenvalue weighted by Crippen LogP contribution is 2.27. The Morgan fingerprint density at radius 1 is 1.38 bits per heavy atom. The van der Waals surface area contributed by atoms with Crippen LogP contribution >= 0.6 is 11.6 Å². The predicted octanol–water partition coefficient (Wildman–Crippen LogP) is 3.38. The van der Waals surface area contributed by atoms with Crippen LogP contribution in [0.1, 0.15) is 5.56 Å². The molecule has 2 aromatic heterocycles. The average Bonchev–Trinajstić information content (AvgIpc) is 2.93. The Bertz CT molecular complexity index is 781. The van der Waals surface area contributed by atoms with Crippen LogP contribution in [0.2, 0.25) is 0 Å². The fraction of sp³-hybridized carbons (Fsp3) is 0.133. The first-order valence-corrected chi connectivity index (χ1v) is 6.89. The second-order valence-electron chi connectivity index (χ2n) is 4.56. The maximum atomic E-state index is 11.4. The fourth-order valence-corrected chi connectivity index (χ4v) is 2.03. The van der Waals surface area contributed by atoms with Gasteiger partial charge in [0.05, 0.1) is 0 Å². The van der Waals surface area contributed by atoms with Gasteiger partial charge in [-0.3, -0.25) is 4.79 Å². The first kappa shape index (κ1) is 13.6. The molecule has 3 rings (SSSR count). The number of pyridine rings is 1. The van der Waals surface area contributed by atoms with Gasteiger partial charge in [0, 0.05) is 17.4 Å². The number of carbonyl (C=O) groups is 1. The number of aryl methyl sites for hydroxylation is 1. The minimum Gasteiger partial charge on any atom is -0.434 e. The van der Waals surface area contributed by atoms with Gasteiger partial charge in [0.1, 0.15) is 5.88 Å². The van der Waals surface area contributed by atoms with E-state index in [1.807, 2.05) is 31.2 Å². The van der Waals surface area contributed by atoms with E-state index in [0.717, 1.165) is 11.1 Å². The quantitative estimate of drug-likeness (QED) is 0.753. The van der Waals surface area contributed by atoms with Crippen LogP contribution in [0, 0.1) is 6.92 Å². The van der Waals surface area contributed by atoms with Crippen LogP contribution in [-0.2, 0) is 4.79 Å². The van der Waals surface area contributed by atoms with Crippen LogP contribution < -0.4 is 5.32 Å². The van der Waals surface area contributed by atoms with Gasteiger partial charge in [0.15, 0.2) is 11.2 Å². The summed E-state index contributed by atoms with van der Waals surface area (Å²) in [6.07, 6.45) is 1.66. The molecule has 6 heteroatoms. The summed E-state index contributed by atoms with van der Waals surface area (Å²) in [5.74, 6) is 0.123. The summed E-state index contributed by atoms with van der Waals surface area (Å²) in [5.41, 5.74) is 3.57. The summed E-state index contributed by atoms with van der Waals surface area (Å²) < 4.78 is 5.67. The molecule has 0 saturated heterocycles. The first-order chi connectivity index (χ1) is 10.2. The minimum absolute atomic E-state index is 0.0868. The zero-order chi connectivity index (χ0) is 14.8. The fourth-order valence-electron chi connectivity index (χ4n) is 1.97. The highest BCUT2D eigenvalue weighted by Gasteiger charge is 2.11. The van der Waals surface area contributed by atoms with Crippen molar-refractivity contribution < 1.29 is 9.21 Å². The van der Waals surface area contributed by atoms with Gasteiger partial charge >= 0.3 is 0 Å². The molecule has 1 aromatic carbocycles. The van der Waals surface area contributed by atoms with E-state index < -0.39 is 0 Å². The molecule has 0 spiro atoms. The monoisotopic (exact) mass is 301 g/mol. The molecule has 2 heterocycles. The predicted molar refractivity (Wildman–Crippen MR) is 81.3 cm³/mol. The van der Waals surface area contributed by atoms with Crippen molar-refractivity contribution in [1.29, 1.82) is 0 Å². The lowest BCUT2D eigenvalue weighted by atomic mass is 10.1. The van der Waals surface area contributed by atoms with E-state index in [4.69, 9.17) is 16.0 Å². The SMILES string of the molecule is Cc1ccc(-c2nc3ncccc3o2)cc1NC(=O)CCl. The van der Waals surface area contributed by atoms with E-state index in [2.05, 4.69) is 15.3 Å². The molecule has 106 valence electrons. The third-order valence-corrected chi connectivity index (χ3v) is 3.29. The molecule has 1 N–H and O–H groups in total. The molecule has 0 aliphatic rings. The molecule has 5 nitrogen and oxygen atoms in total. The van der Waals surface area contributed by atoms with E-state index in [1.165, 1.54) is 0 Å². The number of halogens is 1. The van der Waals surface area contributed by atoms with Crippen LogP contribution in [0.5, 0.6) is 0 Å². The molecule has 1 amide bonds. The summed E-state index contributed by atoms with van der Waals surface area (Å²) in [4.78, 5) is 19.9. The lowest BCUT2D eigenvalue weighted by molar-refractivity contribution is -0.113. The Kier molecular flexibility index (Phi) is 3.58. The van der Waals surface area contributed by atoms with Crippen molar-refractivity contribution in [2.24, 2.45) is 0 Å². The number of amides is 1. The molecular weight excluding hydrogens is 290 g/mol. The second-order valence-corrected chi connectivity index (χ2v) is 4.82. The Morgan fingerprint density at radius 2 is 2.24 bits per heavy atom. The van der Waals surface area contributed by atoms with Crippen LogP contribution in [-0.4, -0.2) is 21.8 Å². The van der Waals surface area contributed by atoms with Crippen molar-refractivity contribution >= 4 is 34.4 Å². The molecule has 0 bridgehead atoms. The third-order valence-electron chi connectivity index (χ3n) is 3.04. The van der Waals surface area contributed by atoms with Crippen LogP contribution in [0.4, 0.5) is 5.69 Å². The van der Waals surface area contributed by atoms with Crippen molar-refractivity contribution in [2.45, 2.75) is 6.92 Å². The normalized spacial score (nSPS) is 10.8. The van der Waals surface area contributed by atoms with Gasteiger partial charge in [-0.1, -0.05) is 6.07 Å². The number of alkyl halides is 1. The number of carbonyl (C=O) groups excluding carboxylic acids is 1. The lowest BCUT2D eigenvalue weighted by Gasteiger charge is -2.08. The van der Waals surface area contributed by atoms with Crippen molar-refractivity contribution in [1.82, 2.24) is 9.97 Å². The molecule has 0 aliphatic carbocycles. The Balaban J connectivity index is 2.02. The van der Waals surface area contributed by atoms with Gasteiger partial charge in [-0.2, -0.15) is 4.98 Å². The zero-order valence-corrected chi connectivity index (χ0v) is 12.0. The molecular formula is C15H12ClN3O2. The topological polar surface area (TPSA) is 68.0 Å². The van der Waals surface area contributed by atoms with Crippen molar-refractivity contribution in [3.63, 3.8) is 0 Å². The van der Waals surface area contributed by atoms with Gasteiger partial charge < -0.3 is 9.73 Å². The van der Waals surface area contributed by atoms with Crippen molar-refractivity contribution in [3.05, 3.63) is 42.1 Å². The summed E-state index contributed by atoms with van der Waals surface area (Å²) >= 11 is 5.51. The number of aromatic nitrogens is 2. The van der Waals surface area contributed by atoms with E-state index >= 15 is 0 Å². The number of nitrogens with zero attached hydrogens (tertiary/aromatic N) is 2. The highest BCUT2D eigenvalue weighted by atomic mass is 35.5. The van der Waals surface area contributed by atoms with Crippen LogP contribution in [0.25, 0.3) is 22.7 Å². The maximum Gasteiger partial charge on any atom is 0.239 e. The van der Waals surface area contributed by atoms with Gasteiger partial charge in [-0.05, 0) is 36.8 Å². The summed E-state index contributed by atoms with van der Waals surface area (Å²) in [7, 11) is 0. The molecule has 0 radical (unpaired) electrons. The molecule has 0 atom stereocenters. The molecule has 0 fully saturated rings. The van der Waals surface area contributed by atoms with Gasteiger partial charge in [-0.15, -0.1) is 11.6 Å². The minimum atomic E-state index is -0.254. The van der Waals surface area contributed by atoms with Gasteiger partial charge in [0.25, 0.3) is 0 Å². The molecule has 0 aliphatic heterocycles. The Morgan fingerprint density at radius 3 is 3.00 bits per heavy atom. The number of anilines is 1. The van der Waals surface area contributed by atoms with E-state index in [1.54, 1.807) is 12.3 Å². The lowest BCUT2D eigenvalue weighted by Crippen LogP contribution is -2.13. The molecule has 3 aromatic rings. The van der Waals surface area contributed by atoms with Crippen LogP contribution in [0.3, 0.4) is 0 Å². The second kappa shape index (κ2) is 5.54. The number of rotatable bonds is 3. The number of benzene rings is 1. The molecule has 0 saturated carbocycles. The Hall–Kier alpha value is -2.40. The number of nitrogens with one attached hydrogen (secondary N) is 1. The summed E-state index contributed by atoms with van der Waals surface area (Å²) in [6, 6.07) is 9.18.